The molecule has 0 spiro atoms. The van der Waals surface area contributed by atoms with Crippen LogP contribution >= 0.6 is 15.9 Å². The van der Waals surface area contributed by atoms with E-state index < -0.39 is 0 Å². The van der Waals surface area contributed by atoms with Gasteiger partial charge in [-0.05, 0) is 34.5 Å². The van der Waals surface area contributed by atoms with E-state index in [1.165, 1.54) is 0 Å². The summed E-state index contributed by atoms with van der Waals surface area (Å²) in [6.07, 6.45) is 0.692. The fraction of sp³-hybridized carbons (Fsp3) is 0.417. The molecule has 0 bridgehead atoms. The van der Waals surface area contributed by atoms with Crippen LogP contribution in [0.15, 0.2) is 28.7 Å². The number of aliphatic hydroxyl groups excluding tert-OH is 1. The van der Waals surface area contributed by atoms with Gasteiger partial charge in [-0.2, -0.15) is 0 Å². The van der Waals surface area contributed by atoms with Crippen molar-refractivity contribution in [3.8, 4) is 5.75 Å². The molecule has 0 fully saturated rings. The van der Waals surface area contributed by atoms with Crippen LogP contribution in [0.4, 0.5) is 0 Å². The smallest absolute Gasteiger partial charge is 0.258 e. The molecule has 0 saturated heterocycles. The maximum atomic E-state index is 11.5. The second-order valence-electron chi connectivity index (χ2n) is 3.57. The van der Waals surface area contributed by atoms with Crippen LogP contribution in [-0.4, -0.2) is 30.3 Å². The number of benzene rings is 1. The van der Waals surface area contributed by atoms with Crippen molar-refractivity contribution in [1.82, 2.24) is 5.32 Å². The molecule has 1 aromatic carbocycles. The number of ether oxygens (including phenoxy) is 1. The van der Waals surface area contributed by atoms with Crippen LogP contribution in [0, 0.1) is 0 Å². The molecule has 0 aliphatic carbocycles. The van der Waals surface area contributed by atoms with Crippen LogP contribution in [0.1, 0.15) is 13.3 Å². The standard InChI is InChI=1S/C12H16BrNO3/c1-2-9(7-15)14-12(16)8-17-11-6-4-3-5-10(11)13/h3-6,9,15H,2,7-8H2,1H3,(H,14,16). The molecule has 4 nitrogen and oxygen atoms in total. The monoisotopic (exact) mass is 301 g/mol. The van der Waals surface area contributed by atoms with Gasteiger partial charge in [0.15, 0.2) is 6.61 Å². The topological polar surface area (TPSA) is 58.6 Å². The molecule has 0 heterocycles. The number of halogens is 1. The lowest BCUT2D eigenvalue weighted by Crippen LogP contribution is -2.39. The average Bonchev–Trinajstić information content (AvgIpc) is 2.35. The van der Waals surface area contributed by atoms with Gasteiger partial charge in [0, 0.05) is 0 Å². The van der Waals surface area contributed by atoms with Crippen molar-refractivity contribution in [1.29, 1.82) is 0 Å². The van der Waals surface area contributed by atoms with Crippen LogP contribution in [-0.2, 0) is 4.79 Å². The Morgan fingerprint density at radius 1 is 1.53 bits per heavy atom. The largest absolute Gasteiger partial charge is 0.483 e. The van der Waals surface area contributed by atoms with E-state index in [1.807, 2.05) is 25.1 Å². The summed E-state index contributed by atoms with van der Waals surface area (Å²) in [5.74, 6) is 0.390. The minimum absolute atomic E-state index is 0.0564. The predicted molar refractivity (Wildman–Crippen MR) is 68.9 cm³/mol. The number of carbonyl (C=O) groups is 1. The van der Waals surface area contributed by atoms with E-state index in [9.17, 15) is 4.79 Å². The molecule has 1 atom stereocenters. The van der Waals surface area contributed by atoms with Gasteiger partial charge < -0.3 is 15.2 Å². The molecule has 5 heteroatoms. The predicted octanol–water partition coefficient (Wildman–Crippen LogP) is 1.71. The van der Waals surface area contributed by atoms with Crippen LogP contribution < -0.4 is 10.1 Å². The van der Waals surface area contributed by atoms with Gasteiger partial charge in [0.25, 0.3) is 5.91 Å². The van der Waals surface area contributed by atoms with Gasteiger partial charge in [0.05, 0.1) is 17.1 Å². The van der Waals surface area contributed by atoms with Gasteiger partial charge in [-0.15, -0.1) is 0 Å². The van der Waals surface area contributed by atoms with E-state index in [0.717, 1.165) is 4.47 Å². The lowest BCUT2D eigenvalue weighted by molar-refractivity contribution is -0.124. The van der Waals surface area contributed by atoms with Gasteiger partial charge in [-0.1, -0.05) is 19.1 Å². The van der Waals surface area contributed by atoms with E-state index in [4.69, 9.17) is 9.84 Å². The summed E-state index contributed by atoms with van der Waals surface area (Å²) in [6.45, 7) is 1.78. The first-order chi connectivity index (χ1) is 8.17. The first-order valence-corrected chi connectivity index (χ1v) is 6.24. The van der Waals surface area contributed by atoms with Crippen molar-refractivity contribution < 1.29 is 14.6 Å². The van der Waals surface area contributed by atoms with Gasteiger partial charge in [0.1, 0.15) is 5.75 Å². The third-order valence-corrected chi connectivity index (χ3v) is 2.93. The molecule has 0 aliphatic heterocycles. The molecule has 2 N–H and O–H groups in total. The normalized spacial score (nSPS) is 11.9. The van der Waals surface area contributed by atoms with Gasteiger partial charge in [-0.25, -0.2) is 0 Å². The molecule has 17 heavy (non-hydrogen) atoms. The summed E-state index contributed by atoms with van der Waals surface area (Å²) < 4.78 is 6.16. The molecular formula is C12H16BrNO3. The van der Waals surface area contributed by atoms with Crippen LogP contribution in [0.25, 0.3) is 0 Å². The number of rotatable bonds is 6. The Bertz CT molecular complexity index is 367. The zero-order valence-electron chi connectivity index (χ0n) is 9.65. The fourth-order valence-corrected chi connectivity index (χ4v) is 1.65. The number of hydrogen-bond donors (Lipinski definition) is 2. The highest BCUT2D eigenvalue weighted by molar-refractivity contribution is 9.10. The number of carbonyl (C=O) groups excluding carboxylic acids is 1. The van der Waals surface area contributed by atoms with E-state index in [-0.39, 0.29) is 25.2 Å². The van der Waals surface area contributed by atoms with Crippen molar-refractivity contribution in [3.63, 3.8) is 0 Å². The second kappa shape index (κ2) is 7.29. The molecule has 0 saturated carbocycles. The average molecular weight is 302 g/mol. The Hall–Kier alpha value is -1.07. The lowest BCUT2D eigenvalue weighted by Gasteiger charge is -2.14. The third-order valence-electron chi connectivity index (χ3n) is 2.27. The van der Waals surface area contributed by atoms with Crippen molar-refractivity contribution in [2.45, 2.75) is 19.4 Å². The molecule has 1 rings (SSSR count). The highest BCUT2D eigenvalue weighted by atomic mass is 79.9. The van der Waals surface area contributed by atoms with Gasteiger partial charge >= 0.3 is 0 Å². The summed E-state index contributed by atoms with van der Waals surface area (Å²) in [6, 6.07) is 7.12. The number of nitrogens with one attached hydrogen (secondary N) is 1. The third kappa shape index (κ3) is 4.75. The zero-order valence-corrected chi connectivity index (χ0v) is 11.2. The Balaban J connectivity index is 2.41. The molecule has 0 aromatic heterocycles. The van der Waals surface area contributed by atoms with Crippen LogP contribution in [0.3, 0.4) is 0 Å². The summed E-state index contributed by atoms with van der Waals surface area (Å²) >= 11 is 3.33. The minimum atomic E-state index is -0.235. The highest BCUT2D eigenvalue weighted by Gasteiger charge is 2.10. The molecule has 94 valence electrons. The van der Waals surface area contributed by atoms with Gasteiger partial charge in [-0.3, -0.25) is 4.79 Å². The Kier molecular flexibility index (Phi) is 6.00. The number of para-hydroxylation sites is 1. The zero-order chi connectivity index (χ0) is 12.7. The summed E-state index contributed by atoms with van der Waals surface area (Å²) in [7, 11) is 0. The highest BCUT2D eigenvalue weighted by Crippen LogP contribution is 2.23. The van der Waals surface area contributed by atoms with Gasteiger partial charge in [0.2, 0.25) is 0 Å². The van der Waals surface area contributed by atoms with E-state index in [0.29, 0.717) is 12.2 Å². The second-order valence-corrected chi connectivity index (χ2v) is 4.43. The van der Waals surface area contributed by atoms with Crippen molar-refractivity contribution in [2.75, 3.05) is 13.2 Å². The maximum Gasteiger partial charge on any atom is 0.258 e. The van der Waals surface area contributed by atoms with Crippen LogP contribution in [0.5, 0.6) is 5.75 Å². The van der Waals surface area contributed by atoms with Crippen molar-refractivity contribution in [3.05, 3.63) is 28.7 Å². The summed E-state index contributed by atoms with van der Waals surface area (Å²) in [5, 5.41) is 11.6. The van der Waals surface area contributed by atoms with E-state index >= 15 is 0 Å². The first kappa shape index (κ1) is 14.0. The summed E-state index contributed by atoms with van der Waals surface area (Å²) in [5.41, 5.74) is 0. The lowest BCUT2D eigenvalue weighted by atomic mass is 10.2. The number of amides is 1. The summed E-state index contributed by atoms with van der Waals surface area (Å²) in [4.78, 5) is 11.5. The number of hydrogen-bond acceptors (Lipinski definition) is 3. The quantitative estimate of drug-likeness (QED) is 0.841. The molecular weight excluding hydrogens is 286 g/mol. The molecule has 1 amide bonds. The molecule has 1 aromatic rings. The SMILES string of the molecule is CCC(CO)NC(=O)COc1ccccc1Br. The maximum absolute atomic E-state index is 11.5. The van der Waals surface area contributed by atoms with E-state index in [2.05, 4.69) is 21.2 Å². The molecule has 0 radical (unpaired) electrons. The Morgan fingerprint density at radius 3 is 2.82 bits per heavy atom. The molecule has 1 unspecified atom stereocenters. The van der Waals surface area contributed by atoms with Crippen molar-refractivity contribution >= 4 is 21.8 Å². The Morgan fingerprint density at radius 2 is 2.24 bits per heavy atom. The Labute approximate surface area is 109 Å². The number of aliphatic hydroxyl groups is 1. The van der Waals surface area contributed by atoms with Crippen LogP contribution in [0.2, 0.25) is 0 Å². The minimum Gasteiger partial charge on any atom is -0.483 e. The fourth-order valence-electron chi connectivity index (χ4n) is 1.25. The van der Waals surface area contributed by atoms with Crippen molar-refractivity contribution in [2.24, 2.45) is 0 Å². The molecule has 0 aliphatic rings. The first-order valence-electron chi connectivity index (χ1n) is 5.45. The van der Waals surface area contributed by atoms with E-state index in [1.54, 1.807) is 6.07 Å².